The van der Waals surface area contributed by atoms with E-state index >= 15 is 0 Å². The van der Waals surface area contributed by atoms with Crippen LogP contribution < -0.4 is 15.4 Å². The highest BCUT2D eigenvalue weighted by atomic mass is 16.5. The van der Waals surface area contributed by atoms with Crippen LogP contribution in [0.5, 0.6) is 5.75 Å². The lowest BCUT2D eigenvalue weighted by Crippen LogP contribution is -2.45. The Hall–Kier alpha value is -1.38. The SMILES string of the molecule is COc1ccc(N)cc1N1CC(C)C1. The third-order valence-electron chi connectivity index (χ3n) is 2.61. The highest BCUT2D eigenvalue weighted by Gasteiger charge is 2.24. The maximum Gasteiger partial charge on any atom is 0.142 e. The number of hydrogen-bond acceptors (Lipinski definition) is 3. The molecule has 1 aliphatic heterocycles. The molecule has 1 saturated heterocycles. The average Bonchev–Trinajstić information content (AvgIpc) is 2.13. The number of hydrogen-bond donors (Lipinski definition) is 1. The van der Waals surface area contributed by atoms with Crippen LogP contribution in [0.3, 0.4) is 0 Å². The van der Waals surface area contributed by atoms with Crippen molar-refractivity contribution in [2.75, 3.05) is 30.8 Å². The van der Waals surface area contributed by atoms with Gasteiger partial charge in [-0.1, -0.05) is 6.92 Å². The van der Waals surface area contributed by atoms with E-state index in [-0.39, 0.29) is 0 Å². The number of rotatable bonds is 2. The van der Waals surface area contributed by atoms with Crippen molar-refractivity contribution in [1.82, 2.24) is 0 Å². The fraction of sp³-hybridized carbons (Fsp3) is 0.455. The third-order valence-corrected chi connectivity index (χ3v) is 2.61. The molecule has 0 atom stereocenters. The zero-order valence-corrected chi connectivity index (χ0v) is 8.66. The van der Waals surface area contributed by atoms with E-state index in [2.05, 4.69) is 11.8 Å². The van der Waals surface area contributed by atoms with E-state index in [4.69, 9.17) is 10.5 Å². The van der Waals surface area contributed by atoms with Crippen molar-refractivity contribution >= 4 is 11.4 Å². The van der Waals surface area contributed by atoms with Gasteiger partial charge in [-0.3, -0.25) is 0 Å². The second kappa shape index (κ2) is 3.40. The molecule has 3 heteroatoms. The molecule has 2 N–H and O–H groups in total. The topological polar surface area (TPSA) is 38.5 Å². The first-order valence-electron chi connectivity index (χ1n) is 4.89. The number of nitrogen functional groups attached to an aromatic ring is 1. The van der Waals surface area contributed by atoms with Crippen molar-refractivity contribution in [2.45, 2.75) is 6.92 Å². The molecule has 1 aromatic rings. The molecule has 0 bridgehead atoms. The zero-order valence-electron chi connectivity index (χ0n) is 8.66. The van der Waals surface area contributed by atoms with Crippen molar-refractivity contribution < 1.29 is 4.74 Å². The minimum absolute atomic E-state index is 0.779. The molecule has 0 amide bonds. The molecule has 0 aromatic heterocycles. The Morgan fingerprint density at radius 3 is 2.71 bits per heavy atom. The van der Waals surface area contributed by atoms with Crippen LogP contribution in [0.1, 0.15) is 6.92 Å². The second-order valence-corrected chi connectivity index (χ2v) is 3.94. The summed E-state index contributed by atoms with van der Waals surface area (Å²) in [7, 11) is 1.69. The summed E-state index contributed by atoms with van der Waals surface area (Å²) < 4.78 is 5.30. The van der Waals surface area contributed by atoms with Crippen LogP contribution in [-0.2, 0) is 0 Å². The highest BCUT2D eigenvalue weighted by molar-refractivity contribution is 5.66. The fourth-order valence-corrected chi connectivity index (χ4v) is 1.85. The summed E-state index contributed by atoms with van der Waals surface area (Å²) in [6.07, 6.45) is 0. The first-order chi connectivity index (χ1) is 6.70. The molecule has 0 radical (unpaired) electrons. The van der Waals surface area contributed by atoms with E-state index in [1.807, 2.05) is 18.2 Å². The fourth-order valence-electron chi connectivity index (χ4n) is 1.85. The van der Waals surface area contributed by atoms with E-state index in [1.165, 1.54) is 0 Å². The van der Waals surface area contributed by atoms with Gasteiger partial charge in [0, 0.05) is 18.8 Å². The van der Waals surface area contributed by atoms with Crippen molar-refractivity contribution in [1.29, 1.82) is 0 Å². The Labute approximate surface area is 84.5 Å². The number of anilines is 2. The van der Waals surface area contributed by atoms with Gasteiger partial charge in [-0.2, -0.15) is 0 Å². The van der Waals surface area contributed by atoms with Crippen molar-refractivity contribution in [3.63, 3.8) is 0 Å². The van der Waals surface area contributed by atoms with Gasteiger partial charge in [0.05, 0.1) is 12.8 Å². The number of ether oxygens (including phenoxy) is 1. The molecule has 1 fully saturated rings. The molecule has 2 rings (SSSR count). The summed E-state index contributed by atoms with van der Waals surface area (Å²) in [5, 5.41) is 0. The second-order valence-electron chi connectivity index (χ2n) is 3.94. The molecule has 0 spiro atoms. The summed E-state index contributed by atoms with van der Waals surface area (Å²) >= 11 is 0. The normalized spacial score (nSPS) is 16.6. The average molecular weight is 192 g/mol. The Balaban J connectivity index is 2.26. The quantitative estimate of drug-likeness (QED) is 0.725. The van der Waals surface area contributed by atoms with E-state index < -0.39 is 0 Å². The predicted molar refractivity (Wildman–Crippen MR) is 58.8 cm³/mol. The van der Waals surface area contributed by atoms with Crippen LogP contribution in [0.4, 0.5) is 11.4 Å². The minimum atomic E-state index is 0.779. The predicted octanol–water partition coefficient (Wildman–Crippen LogP) is 1.73. The monoisotopic (exact) mass is 192 g/mol. The van der Waals surface area contributed by atoms with Crippen molar-refractivity contribution in [2.24, 2.45) is 5.92 Å². The van der Waals surface area contributed by atoms with E-state index in [9.17, 15) is 0 Å². The number of benzene rings is 1. The lowest BCUT2D eigenvalue weighted by Gasteiger charge is -2.39. The third kappa shape index (κ3) is 1.50. The number of nitrogens with two attached hydrogens (primary N) is 1. The summed E-state index contributed by atoms with van der Waals surface area (Å²) in [5.74, 6) is 1.69. The van der Waals surface area contributed by atoms with Crippen LogP contribution >= 0.6 is 0 Å². The Kier molecular flexibility index (Phi) is 2.23. The van der Waals surface area contributed by atoms with Gasteiger partial charge in [-0.15, -0.1) is 0 Å². The maximum atomic E-state index is 5.75. The lowest BCUT2D eigenvalue weighted by molar-refractivity contribution is 0.400. The van der Waals surface area contributed by atoms with Crippen molar-refractivity contribution in [3.05, 3.63) is 18.2 Å². The van der Waals surface area contributed by atoms with Gasteiger partial charge in [0.25, 0.3) is 0 Å². The summed E-state index contributed by atoms with van der Waals surface area (Å²) in [5.41, 5.74) is 7.66. The van der Waals surface area contributed by atoms with E-state index in [0.29, 0.717) is 0 Å². The van der Waals surface area contributed by atoms with Gasteiger partial charge >= 0.3 is 0 Å². The Bertz CT molecular complexity index is 332. The maximum absolute atomic E-state index is 5.75. The largest absolute Gasteiger partial charge is 0.495 e. The number of nitrogens with zero attached hydrogens (tertiary/aromatic N) is 1. The molecule has 0 aliphatic carbocycles. The van der Waals surface area contributed by atoms with Crippen LogP contribution in [0, 0.1) is 5.92 Å². The summed E-state index contributed by atoms with van der Waals surface area (Å²) in [4.78, 5) is 2.29. The van der Waals surface area contributed by atoms with Gasteiger partial charge in [0.1, 0.15) is 5.75 Å². The van der Waals surface area contributed by atoms with Crippen LogP contribution in [0.2, 0.25) is 0 Å². The van der Waals surface area contributed by atoms with Gasteiger partial charge in [0.2, 0.25) is 0 Å². The molecular formula is C11H16N2O. The van der Waals surface area contributed by atoms with Gasteiger partial charge in [-0.25, -0.2) is 0 Å². The van der Waals surface area contributed by atoms with E-state index in [1.54, 1.807) is 7.11 Å². The molecule has 0 unspecified atom stereocenters. The number of methoxy groups -OCH3 is 1. The molecule has 76 valence electrons. The zero-order chi connectivity index (χ0) is 10.1. The van der Waals surface area contributed by atoms with Crippen LogP contribution in [-0.4, -0.2) is 20.2 Å². The van der Waals surface area contributed by atoms with Gasteiger partial charge < -0.3 is 15.4 Å². The first kappa shape index (κ1) is 9.19. The summed E-state index contributed by atoms with van der Waals surface area (Å²) in [6, 6.07) is 5.77. The Morgan fingerprint density at radius 2 is 2.14 bits per heavy atom. The van der Waals surface area contributed by atoms with Gasteiger partial charge in [0.15, 0.2) is 0 Å². The van der Waals surface area contributed by atoms with Crippen LogP contribution in [0.15, 0.2) is 18.2 Å². The van der Waals surface area contributed by atoms with E-state index in [0.717, 1.165) is 36.1 Å². The molecule has 1 aromatic carbocycles. The highest BCUT2D eigenvalue weighted by Crippen LogP contribution is 2.34. The smallest absolute Gasteiger partial charge is 0.142 e. The molecule has 1 aliphatic rings. The molecule has 3 nitrogen and oxygen atoms in total. The van der Waals surface area contributed by atoms with Gasteiger partial charge in [-0.05, 0) is 24.1 Å². The Morgan fingerprint density at radius 1 is 1.43 bits per heavy atom. The van der Waals surface area contributed by atoms with Crippen molar-refractivity contribution in [3.8, 4) is 5.75 Å². The summed E-state index contributed by atoms with van der Waals surface area (Å²) in [6.45, 7) is 4.44. The lowest BCUT2D eigenvalue weighted by atomic mass is 10.0. The molecular weight excluding hydrogens is 176 g/mol. The molecule has 14 heavy (non-hydrogen) atoms. The molecule has 1 heterocycles. The first-order valence-corrected chi connectivity index (χ1v) is 4.89. The molecule has 0 saturated carbocycles. The minimum Gasteiger partial charge on any atom is -0.495 e. The van der Waals surface area contributed by atoms with Crippen LogP contribution in [0.25, 0.3) is 0 Å². The standard InChI is InChI=1S/C11H16N2O/c1-8-6-13(7-8)10-5-9(12)3-4-11(10)14-2/h3-5,8H,6-7,12H2,1-2H3.